The van der Waals surface area contributed by atoms with E-state index in [4.69, 9.17) is 0 Å². The first kappa shape index (κ1) is 26.6. The van der Waals surface area contributed by atoms with Gasteiger partial charge in [-0.25, -0.2) is 8.42 Å². The first-order valence-electron chi connectivity index (χ1n) is 12.2. The van der Waals surface area contributed by atoms with E-state index in [1.165, 1.54) is 12.1 Å². The molecule has 0 heterocycles. The summed E-state index contributed by atoms with van der Waals surface area (Å²) in [4.78, 5) is 26.1. The summed E-state index contributed by atoms with van der Waals surface area (Å²) in [5.41, 5.74) is 3.02. The summed E-state index contributed by atoms with van der Waals surface area (Å²) in [7, 11) is -4.03. The highest BCUT2D eigenvalue weighted by molar-refractivity contribution is 7.92. The Morgan fingerprint density at radius 1 is 0.763 bits per heavy atom. The van der Waals surface area contributed by atoms with Gasteiger partial charge in [0.2, 0.25) is 5.91 Å². The summed E-state index contributed by atoms with van der Waals surface area (Å²) in [5, 5.41) is 5.61. The van der Waals surface area contributed by atoms with Gasteiger partial charge in [-0.3, -0.25) is 13.9 Å². The number of rotatable bonds is 10. The highest BCUT2D eigenvalue weighted by Gasteiger charge is 2.27. The van der Waals surface area contributed by atoms with Crippen molar-refractivity contribution in [1.29, 1.82) is 0 Å². The Kier molecular flexibility index (Phi) is 8.55. The van der Waals surface area contributed by atoms with E-state index >= 15 is 0 Å². The van der Waals surface area contributed by atoms with Gasteiger partial charge in [-0.15, -0.1) is 0 Å². The molecule has 4 aromatic rings. The molecule has 2 N–H and O–H groups in total. The number of carbonyl (C=O) groups excluding carboxylic acids is 2. The predicted octanol–water partition coefficient (Wildman–Crippen LogP) is 4.80. The summed E-state index contributed by atoms with van der Waals surface area (Å²) < 4.78 is 28.1. The van der Waals surface area contributed by atoms with Crippen LogP contribution < -0.4 is 14.9 Å². The molecule has 0 radical (unpaired) electrons. The van der Waals surface area contributed by atoms with E-state index in [0.29, 0.717) is 29.9 Å². The zero-order valence-corrected chi connectivity index (χ0v) is 21.8. The normalized spacial score (nSPS) is 11.0. The second-order valence-corrected chi connectivity index (χ2v) is 10.6. The summed E-state index contributed by atoms with van der Waals surface area (Å²) >= 11 is 0. The number of amides is 2. The Morgan fingerprint density at radius 3 is 2.05 bits per heavy atom. The first-order chi connectivity index (χ1) is 18.3. The van der Waals surface area contributed by atoms with Crippen molar-refractivity contribution in [2.75, 3.05) is 22.7 Å². The SMILES string of the molecule is Cc1ccc(N(CC(=O)Nc2ccccc2C(=O)NCCc2ccccc2)S(=O)(=O)c2ccccc2)cc1. The van der Waals surface area contributed by atoms with Crippen LogP contribution in [0.25, 0.3) is 0 Å². The molecule has 194 valence electrons. The van der Waals surface area contributed by atoms with Gasteiger partial charge in [0, 0.05) is 6.54 Å². The summed E-state index contributed by atoms with van der Waals surface area (Å²) in [6, 6.07) is 31.3. The Bertz CT molecular complexity index is 1490. The Balaban J connectivity index is 1.51. The van der Waals surface area contributed by atoms with Crippen molar-refractivity contribution in [3.8, 4) is 0 Å². The zero-order chi connectivity index (χ0) is 27.0. The van der Waals surface area contributed by atoms with E-state index in [9.17, 15) is 18.0 Å². The van der Waals surface area contributed by atoms with Crippen molar-refractivity contribution in [2.45, 2.75) is 18.2 Å². The van der Waals surface area contributed by atoms with Gasteiger partial charge >= 0.3 is 0 Å². The molecule has 0 aromatic heterocycles. The van der Waals surface area contributed by atoms with Crippen LogP contribution in [0.4, 0.5) is 11.4 Å². The Labute approximate surface area is 223 Å². The van der Waals surface area contributed by atoms with Gasteiger partial charge in [0.25, 0.3) is 15.9 Å². The molecule has 0 saturated heterocycles. The van der Waals surface area contributed by atoms with Crippen LogP contribution in [-0.4, -0.2) is 33.3 Å². The molecule has 0 bridgehead atoms. The van der Waals surface area contributed by atoms with E-state index in [1.54, 1.807) is 66.7 Å². The standard InChI is InChI=1S/C30H29N3O4S/c1-23-16-18-25(19-17-23)33(38(36,37)26-12-6-3-7-13-26)22-29(34)32-28-15-9-8-14-27(28)30(35)31-21-20-24-10-4-2-5-11-24/h2-19H,20-22H2,1H3,(H,31,35)(H,32,34). The zero-order valence-electron chi connectivity index (χ0n) is 21.0. The monoisotopic (exact) mass is 527 g/mol. The van der Waals surface area contributed by atoms with Gasteiger partial charge in [0.05, 0.1) is 21.8 Å². The molecule has 7 nitrogen and oxygen atoms in total. The molecule has 0 saturated carbocycles. The van der Waals surface area contributed by atoms with Crippen LogP contribution in [0.15, 0.2) is 114 Å². The molecule has 8 heteroatoms. The lowest BCUT2D eigenvalue weighted by molar-refractivity contribution is -0.114. The number of anilines is 2. The highest BCUT2D eigenvalue weighted by Crippen LogP contribution is 2.24. The van der Waals surface area contributed by atoms with Gasteiger partial charge < -0.3 is 10.6 Å². The van der Waals surface area contributed by atoms with Crippen molar-refractivity contribution in [2.24, 2.45) is 0 Å². The van der Waals surface area contributed by atoms with Gasteiger partial charge in [-0.05, 0) is 55.3 Å². The fourth-order valence-electron chi connectivity index (χ4n) is 3.92. The Hall–Kier alpha value is -4.43. The minimum Gasteiger partial charge on any atom is -0.352 e. The minimum absolute atomic E-state index is 0.0755. The lowest BCUT2D eigenvalue weighted by Gasteiger charge is -2.24. The quantitative estimate of drug-likeness (QED) is 0.310. The largest absolute Gasteiger partial charge is 0.352 e. The van der Waals surface area contributed by atoms with Crippen molar-refractivity contribution < 1.29 is 18.0 Å². The lowest BCUT2D eigenvalue weighted by Crippen LogP contribution is -2.38. The van der Waals surface area contributed by atoms with E-state index in [2.05, 4.69) is 10.6 Å². The second kappa shape index (κ2) is 12.2. The van der Waals surface area contributed by atoms with Crippen molar-refractivity contribution >= 4 is 33.2 Å². The molecule has 0 spiro atoms. The van der Waals surface area contributed by atoms with Crippen LogP contribution >= 0.6 is 0 Å². The number of nitrogens with zero attached hydrogens (tertiary/aromatic N) is 1. The summed E-state index contributed by atoms with van der Waals surface area (Å²) in [6.45, 7) is 1.86. The van der Waals surface area contributed by atoms with Crippen molar-refractivity contribution in [3.63, 3.8) is 0 Å². The van der Waals surface area contributed by atoms with Crippen LogP contribution in [0.3, 0.4) is 0 Å². The second-order valence-electron chi connectivity index (χ2n) is 8.75. The number of carbonyl (C=O) groups is 2. The molecular weight excluding hydrogens is 498 g/mol. The topological polar surface area (TPSA) is 95.6 Å². The molecule has 4 aromatic carbocycles. The van der Waals surface area contributed by atoms with E-state index < -0.39 is 22.5 Å². The van der Waals surface area contributed by atoms with E-state index in [1.807, 2.05) is 37.3 Å². The number of hydrogen-bond acceptors (Lipinski definition) is 4. The predicted molar refractivity (Wildman–Crippen MR) is 150 cm³/mol. The number of para-hydroxylation sites is 1. The first-order valence-corrected chi connectivity index (χ1v) is 13.6. The number of sulfonamides is 1. The maximum Gasteiger partial charge on any atom is 0.264 e. The third-order valence-corrected chi connectivity index (χ3v) is 7.72. The molecule has 0 aliphatic rings. The van der Waals surface area contributed by atoms with Gasteiger partial charge in [0.15, 0.2) is 0 Å². The molecular formula is C30H29N3O4S. The van der Waals surface area contributed by atoms with Crippen LogP contribution in [-0.2, 0) is 21.2 Å². The van der Waals surface area contributed by atoms with Crippen molar-refractivity contribution in [3.05, 3.63) is 126 Å². The molecule has 38 heavy (non-hydrogen) atoms. The average Bonchev–Trinajstić information content (AvgIpc) is 2.93. The molecule has 0 aliphatic carbocycles. The maximum absolute atomic E-state index is 13.5. The van der Waals surface area contributed by atoms with Crippen molar-refractivity contribution in [1.82, 2.24) is 5.32 Å². The van der Waals surface area contributed by atoms with Gasteiger partial charge in [0.1, 0.15) is 6.54 Å². The highest BCUT2D eigenvalue weighted by atomic mass is 32.2. The number of nitrogens with one attached hydrogen (secondary N) is 2. The number of hydrogen-bond donors (Lipinski definition) is 2. The van der Waals surface area contributed by atoms with Gasteiger partial charge in [-0.2, -0.15) is 0 Å². The van der Waals surface area contributed by atoms with Crippen LogP contribution in [0, 0.1) is 6.92 Å². The molecule has 0 unspecified atom stereocenters. The number of benzene rings is 4. The van der Waals surface area contributed by atoms with Crippen LogP contribution in [0.5, 0.6) is 0 Å². The van der Waals surface area contributed by atoms with E-state index in [0.717, 1.165) is 15.4 Å². The summed E-state index contributed by atoms with van der Waals surface area (Å²) in [5.74, 6) is -0.904. The smallest absolute Gasteiger partial charge is 0.264 e. The van der Waals surface area contributed by atoms with Gasteiger partial charge in [-0.1, -0.05) is 78.4 Å². The third kappa shape index (κ3) is 6.66. The Morgan fingerprint density at radius 2 is 1.37 bits per heavy atom. The number of aryl methyl sites for hydroxylation is 1. The molecule has 0 aliphatic heterocycles. The molecule has 0 fully saturated rings. The van der Waals surface area contributed by atoms with Crippen LogP contribution in [0.1, 0.15) is 21.5 Å². The molecule has 4 rings (SSSR count). The maximum atomic E-state index is 13.5. The summed E-state index contributed by atoms with van der Waals surface area (Å²) in [6.07, 6.45) is 0.671. The van der Waals surface area contributed by atoms with E-state index in [-0.39, 0.29) is 10.8 Å². The lowest BCUT2D eigenvalue weighted by atomic mass is 10.1. The average molecular weight is 528 g/mol. The molecule has 2 amide bonds. The molecule has 0 atom stereocenters. The fourth-order valence-corrected chi connectivity index (χ4v) is 5.36. The van der Waals surface area contributed by atoms with Crippen LogP contribution in [0.2, 0.25) is 0 Å². The minimum atomic E-state index is -4.03. The third-order valence-electron chi connectivity index (χ3n) is 5.93. The fraction of sp³-hybridized carbons (Fsp3) is 0.133.